The molecule has 0 spiro atoms. The van der Waals surface area contributed by atoms with Crippen LogP contribution in [0.2, 0.25) is 0 Å². The van der Waals surface area contributed by atoms with Gasteiger partial charge in [-0.25, -0.2) is 9.97 Å². The second kappa shape index (κ2) is 6.64. The van der Waals surface area contributed by atoms with Gasteiger partial charge in [0.05, 0.1) is 5.56 Å². The number of anilines is 1. The molecule has 0 saturated carbocycles. The molecule has 1 saturated heterocycles. The van der Waals surface area contributed by atoms with Gasteiger partial charge in [-0.2, -0.15) is 13.2 Å². The van der Waals surface area contributed by atoms with Crippen LogP contribution in [-0.2, 0) is 11.0 Å². The largest absolute Gasteiger partial charge is 0.419 e. The van der Waals surface area contributed by atoms with E-state index in [1.54, 1.807) is 6.92 Å². The molecule has 0 atom stereocenters. The summed E-state index contributed by atoms with van der Waals surface area (Å²) in [5, 5.41) is 0.114. The number of halogens is 3. The lowest BCUT2D eigenvalue weighted by atomic mass is 9.99. The van der Waals surface area contributed by atoms with Gasteiger partial charge in [-0.1, -0.05) is 11.8 Å². The van der Waals surface area contributed by atoms with Gasteiger partial charge in [0.2, 0.25) is 5.95 Å². The maximum Gasteiger partial charge on any atom is 0.419 e. The number of alkyl halides is 3. The summed E-state index contributed by atoms with van der Waals surface area (Å²) in [5.41, 5.74) is -0.834. The number of carbonyl (C=O) groups excluding carboxylic acids is 1. The van der Waals surface area contributed by atoms with Crippen LogP contribution in [-0.4, -0.2) is 33.9 Å². The highest BCUT2D eigenvalue weighted by atomic mass is 32.2. The fraction of sp³-hybridized carbons (Fsp3) is 0.615. The van der Waals surface area contributed by atoms with Crippen molar-refractivity contribution in [3.05, 3.63) is 18.0 Å². The summed E-state index contributed by atoms with van der Waals surface area (Å²) in [6, 6.07) is 0. The first-order chi connectivity index (χ1) is 9.86. The van der Waals surface area contributed by atoms with Crippen molar-refractivity contribution >= 4 is 22.8 Å². The summed E-state index contributed by atoms with van der Waals surface area (Å²) in [6.45, 7) is 2.96. The quantitative estimate of drug-likeness (QED) is 0.857. The van der Waals surface area contributed by atoms with Crippen LogP contribution >= 0.6 is 11.8 Å². The summed E-state index contributed by atoms with van der Waals surface area (Å²) in [6.07, 6.45) is -0.981. The number of carbonyl (C=O) groups is 1. The number of hydrogen-bond donors (Lipinski definition) is 0. The predicted molar refractivity (Wildman–Crippen MR) is 75.1 cm³/mol. The summed E-state index contributed by atoms with van der Waals surface area (Å²) in [4.78, 5) is 20.4. The van der Waals surface area contributed by atoms with Crippen LogP contribution in [0.4, 0.5) is 19.1 Å². The monoisotopic (exact) mass is 319 g/mol. The molecule has 0 aromatic carbocycles. The predicted octanol–water partition coefficient (Wildman–Crippen LogP) is 2.99. The topological polar surface area (TPSA) is 46.1 Å². The Bertz CT molecular complexity index is 484. The average Bonchev–Trinajstić information content (AvgIpc) is 2.45. The molecule has 0 bridgehead atoms. The molecular weight excluding hydrogens is 303 g/mol. The average molecular weight is 319 g/mol. The molecule has 116 valence electrons. The number of rotatable bonds is 3. The Hall–Kier alpha value is -1.31. The molecule has 21 heavy (non-hydrogen) atoms. The van der Waals surface area contributed by atoms with Crippen LogP contribution in [0.3, 0.4) is 0 Å². The number of piperidine rings is 1. The van der Waals surface area contributed by atoms with Gasteiger partial charge in [-0.3, -0.25) is 4.79 Å². The van der Waals surface area contributed by atoms with E-state index >= 15 is 0 Å². The third-order valence-corrected chi connectivity index (χ3v) is 4.43. The smallest absolute Gasteiger partial charge is 0.341 e. The van der Waals surface area contributed by atoms with Gasteiger partial charge in [0.25, 0.3) is 0 Å². The van der Waals surface area contributed by atoms with Crippen molar-refractivity contribution in [2.45, 2.75) is 25.9 Å². The number of hydrogen-bond acceptors (Lipinski definition) is 5. The molecule has 8 heteroatoms. The number of nitrogens with zero attached hydrogens (tertiary/aromatic N) is 3. The Labute approximate surface area is 125 Å². The Morgan fingerprint density at radius 2 is 1.90 bits per heavy atom. The van der Waals surface area contributed by atoms with E-state index in [0.29, 0.717) is 25.0 Å². The maximum absolute atomic E-state index is 12.4. The van der Waals surface area contributed by atoms with Crippen LogP contribution in [0.25, 0.3) is 0 Å². The Morgan fingerprint density at radius 3 is 2.38 bits per heavy atom. The molecule has 0 aliphatic carbocycles. The molecule has 0 radical (unpaired) electrons. The minimum Gasteiger partial charge on any atom is -0.341 e. The summed E-state index contributed by atoms with van der Waals surface area (Å²) >= 11 is 1.33. The van der Waals surface area contributed by atoms with Crippen molar-refractivity contribution in [1.82, 2.24) is 9.97 Å². The van der Waals surface area contributed by atoms with E-state index in [-0.39, 0.29) is 5.12 Å². The highest BCUT2D eigenvalue weighted by Crippen LogP contribution is 2.29. The maximum atomic E-state index is 12.4. The van der Waals surface area contributed by atoms with Crippen LogP contribution in [0.15, 0.2) is 12.4 Å². The third kappa shape index (κ3) is 4.59. The second-order valence-corrected chi connectivity index (χ2v) is 6.20. The highest BCUT2D eigenvalue weighted by Gasteiger charge is 2.31. The van der Waals surface area contributed by atoms with Gasteiger partial charge in [-0.05, 0) is 18.8 Å². The van der Waals surface area contributed by atoms with Crippen molar-refractivity contribution in [2.24, 2.45) is 5.92 Å². The molecule has 1 aliphatic heterocycles. The second-order valence-electron chi connectivity index (χ2n) is 5.00. The Morgan fingerprint density at radius 1 is 1.33 bits per heavy atom. The van der Waals surface area contributed by atoms with E-state index in [4.69, 9.17) is 0 Å². The Balaban J connectivity index is 1.89. The van der Waals surface area contributed by atoms with E-state index in [9.17, 15) is 18.0 Å². The molecule has 1 aromatic heterocycles. The van der Waals surface area contributed by atoms with Gasteiger partial charge in [0.15, 0.2) is 5.12 Å². The molecule has 0 N–H and O–H groups in total. The number of aromatic nitrogens is 2. The first kappa shape index (κ1) is 16.1. The zero-order valence-corrected chi connectivity index (χ0v) is 12.4. The molecule has 0 unspecified atom stereocenters. The van der Waals surface area contributed by atoms with Crippen molar-refractivity contribution in [3.63, 3.8) is 0 Å². The summed E-state index contributed by atoms with van der Waals surface area (Å²) in [7, 11) is 0. The molecule has 2 rings (SSSR count). The normalized spacial score (nSPS) is 17.0. The lowest BCUT2D eigenvalue weighted by Crippen LogP contribution is -2.35. The third-order valence-electron chi connectivity index (χ3n) is 3.39. The minimum atomic E-state index is -4.41. The lowest BCUT2D eigenvalue weighted by molar-refractivity contribution is -0.138. The van der Waals surface area contributed by atoms with Crippen molar-refractivity contribution in [1.29, 1.82) is 0 Å². The van der Waals surface area contributed by atoms with Gasteiger partial charge in [-0.15, -0.1) is 0 Å². The lowest BCUT2D eigenvalue weighted by Gasteiger charge is -2.31. The van der Waals surface area contributed by atoms with Crippen molar-refractivity contribution in [2.75, 3.05) is 23.7 Å². The van der Waals surface area contributed by atoms with Crippen LogP contribution in [0.1, 0.15) is 25.3 Å². The summed E-state index contributed by atoms with van der Waals surface area (Å²) < 4.78 is 37.3. The number of thioether (sulfide) groups is 1. The van der Waals surface area contributed by atoms with Crippen LogP contribution in [0, 0.1) is 5.92 Å². The van der Waals surface area contributed by atoms with Crippen molar-refractivity contribution < 1.29 is 18.0 Å². The standard InChI is InChI=1S/C13H16F3N3OS/c1-9(20)21-8-10-2-4-19(5-3-10)12-17-6-11(7-18-12)13(14,15)16/h6-7,10H,2-5,8H2,1H3. The molecule has 2 heterocycles. The fourth-order valence-corrected chi connectivity index (χ4v) is 2.97. The Kier molecular flexibility index (Phi) is 5.08. The first-order valence-electron chi connectivity index (χ1n) is 6.64. The van der Waals surface area contributed by atoms with Crippen LogP contribution < -0.4 is 4.90 Å². The zero-order valence-electron chi connectivity index (χ0n) is 11.6. The molecule has 0 amide bonds. The zero-order chi connectivity index (χ0) is 15.5. The van der Waals surface area contributed by atoms with E-state index in [1.807, 2.05) is 4.90 Å². The molecule has 1 aliphatic rings. The van der Waals surface area contributed by atoms with Gasteiger partial charge < -0.3 is 4.90 Å². The first-order valence-corrected chi connectivity index (χ1v) is 7.62. The minimum absolute atomic E-state index is 0.114. The molecule has 1 fully saturated rings. The highest BCUT2D eigenvalue weighted by molar-refractivity contribution is 8.13. The van der Waals surface area contributed by atoms with Crippen molar-refractivity contribution in [3.8, 4) is 0 Å². The summed E-state index contributed by atoms with van der Waals surface area (Å²) in [5.74, 6) is 1.60. The SMILES string of the molecule is CC(=O)SCC1CCN(c2ncc(C(F)(F)F)cn2)CC1. The molecule has 4 nitrogen and oxygen atoms in total. The van der Waals surface area contributed by atoms with Gasteiger partial charge >= 0.3 is 6.18 Å². The van der Waals surface area contributed by atoms with Gasteiger partial charge in [0, 0.05) is 38.2 Å². The van der Waals surface area contributed by atoms with Gasteiger partial charge in [0.1, 0.15) is 0 Å². The van der Waals surface area contributed by atoms with E-state index in [2.05, 4.69) is 9.97 Å². The van der Waals surface area contributed by atoms with Crippen LogP contribution in [0.5, 0.6) is 0 Å². The van der Waals surface area contributed by atoms with E-state index in [0.717, 1.165) is 31.0 Å². The van der Waals surface area contributed by atoms with E-state index < -0.39 is 11.7 Å². The van der Waals surface area contributed by atoms with E-state index in [1.165, 1.54) is 11.8 Å². The molecular formula is C13H16F3N3OS. The fourth-order valence-electron chi connectivity index (χ4n) is 2.17. The molecule has 1 aromatic rings.